The SMILES string of the molecule is C[C@@H](Oc1ccc(Cl)cc1Br)C(=O)Nc1cc(C(F)(F)F)c[nH]c1=O. The van der Waals surface area contributed by atoms with Crippen molar-refractivity contribution in [2.75, 3.05) is 5.32 Å². The van der Waals surface area contributed by atoms with Gasteiger partial charge in [-0.2, -0.15) is 13.2 Å². The van der Waals surface area contributed by atoms with Gasteiger partial charge in [0.05, 0.1) is 10.0 Å². The van der Waals surface area contributed by atoms with E-state index in [9.17, 15) is 22.8 Å². The normalized spacial score (nSPS) is 12.6. The summed E-state index contributed by atoms with van der Waals surface area (Å²) >= 11 is 9.01. The van der Waals surface area contributed by atoms with Crippen molar-refractivity contribution in [3.05, 3.63) is 55.9 Å². The lowest BCUT2D eigenvalue weighted by Gasteiger charge is -2.16. The monoisotopic (exact) mass is 438 g/mol. The Balaban J connectivity index is 2.15. The van der Waals surface area contributed by atoms with Crippen LogP contribution in [0.4, 0.5) is 18.9 Å². The summed E-state index contributed by atoms with van der Waals surface area (Å²) in [7, 11) is 0. The number of aromatic nitrogens is 1. The highest BCUT2D eigenvalue weighted by Crippen LogP contribution is 2.30. The van der Waals surface area contributed by atoms with Crippen molar-refractivity contribution in [1.82, 2.24) is 4.98 Å². The van der Waals surface area contributed by atoms with Crippen LogP contribution in [0.25, 0.3) is 0 Å². The number of hydrogen-bond acceptors (Lipinski definition) is 3. The van der Waals surface area contributed by atoms with Crippen molar-refractivity contribution < 1.29 is 22.7 Å². The third-order valence-electron chi connectivity index (χ3n) is 3.06. The summed E-state index contributed by atoms with van der Waals surface area (Å²) in [6.07, 6.45) is -5.20. The van der Waals surface area contributed by atoms with Crippen LogP contribution in [0.5, 0.6) is 5.75 Å². The number of carbonyl (C=O) groups is 1. The van der Waals surface area contributed by atoms with Gasteiger partial charge < -0.3 is 15.0 Å². The number of ether oxygens (including phenoxy) is 1. The Morgan fingerprint density at radius 2 is 2.04 bits per heavy atom. The second kappa shape index (κ2) is 7.49. The van der Waals surface area contributed by atoms with Gasteiger partial charge >= 0.3 is 6.18 Å². The van der Waals surface area contributed by atoms with Crippen LogP contribution in [-0.4, -0.2) is 17.0 Å². The molecule has 1 amide bonds. The summed E-state index contributed by atoms with van der Waals surface area (Å²) in [5, 5.41) is 2.58. The van der Waals surface area contributed by atoms with E-state index in [2.05, 4.69) is 21.2 Å². The maximum Gasteiger partial charge on any atom is 0.417 e. The molecule has 0 radical (unpaired) electrons. The molecule has 2 aromatic rings. The lowest BCUT2D eigenvalue weighted by Crippen LogP contribution is -2.32. The van der Waals surface area contributed by atoms with Gasteiger partial charge in [0, 0.05) is 11.2 Å². The van der Waals surface area contributed by atoms with E-state index in [1.165, 1.54) is 13.0 Å². The van der Waals surface area contributed by atoms with Crippen LogP contribution in [0.1, 0.15) is 12.5 Å². The number of alkyl halides is 3. The molecular weight excluding hydrogens is 429 g/mol. The van der Waals surface area contributed by atoms with Crippen molar-refractivity contribution in [3.63, 3.8) is 0 Å². The molecule has 0 bridgehead atoms. The van der Waals surface area contributed by atoms with Gasteiger partial charge in [0.25, 0.3) is 11.5 Å². The Kier molecular flexibility index (Phi) is 5.79. The topological polar surface area (TPSA) is 71.2 Å². The highest BCUT2D eigenvalue weighted by molar-refractivity contribution is 9.10. The minimum Gasteiger partial charge on any atom is -0.480 e. The van der Waals surface area contributed by atoms with E-state index in [0.717, 1.165) is 0 Å². The Labute approximate surface area is 153 Å². The third kappa shape index (κ3) is 4.99. The first kappa shape index (κ1) is 19.3. The molecule has 0 spiro atoms. The number of H-pyrrole nitrogens is 1. The highest BCUT2D eigenvalue weighted by Gasteiger charge is 2.31. The fourth-order valence-corrected chi connectivity index (χ4v) is 2.57. The number of hydrogen-bond donors (Lipinski definition) is 2. The molecule has 0 aliphatic rings. The Hall–Kier alpha value is -2.00. The van der Waals surface area contributed by atoms with Gasteiger partial charge in [0.15, 0.2) is 6.10 Å². The van der Waals surface area contributed by atoms with Crippen molar-refractivity contribution in [3.8, 4) is 5.75 Å². The van der Waals surface area contributed by atoms with Crippen LogP contribution in [0, 0.1) is 0 Å². The van der Waals surface area contributed by atoms with Crippen molar-refractivity contribution in [2.24, 2.45) is 0 Å². The van der Waals surface area contributed by atoms with E-state index in [-0.39, 0.29) is 0 Å². The molecule has 0 saturated carbocycles. The van der Waals surface area contributed by atoms with E-state index >= 15 is 0 Å². The predicted octanol–water partition coefficient (Wildman–Crippen LogP) is 4.22. The zero-order valence-corrected chi connectivity index (χ0v) is 14.9. The molecule has 1 aromatic carbocycles. The number of carbonyl (C=O) groups excluding carboxylic acids is 1. The lowest BCUT2D eigenvalue weighted by atomic mass is 10.2. The maximum atomic E-state index is 12.7. The fraction of sp³-hybridized carbons (Fsp3) is 0.200. The Morgan fingerprint density at radius 1 is 1.36 bits per heavy atom. The van der Waals surface area contributed by atoms with Crippen LogP contribution in [0.3, 0.4) is 0 Å². The van der Waals surface area contributed by atoms with E-state index in [4.69, 9.17) is 16.3 Å². The number of anilines is 1. The molecule has 0 aliphatic heterocycles. The molecule has 10 heteroatoms. The van der Waals surface area contributed by atoms with Crippen molar-refractivity contribution >= 4 is 39.1 Å². The van der Waals surface area contributed by atoms with Gasteiger partial charge in [-0.3, -0.25) is 9.59 Å². The maximum absolute atomic E-state index is 12.7. The van der Waals surface area contributed by atoms with Crippen molar-refractivity contribution in [2.45, 2.75) is 19.2 Å². The predicted molar refractivity (Wildman–Crippen MR) is 89.9 cm³/mol. The number of aromatic amines is 1. The molecule has 0 aliphatic carbocycles. The zero-order chi connectivity index (χ0) is 18.8. The highest BCUT2D eigenvalue weighted by atomic mass is 79.9. The van der Waals surface area contributed by atoms with Gasteiger partial charge in [-0.1, -0.05) is 11.6 Å². The molecule has 2 N–H and O–H groups in total. The summed E-state index contributed by atoms with van der Waals surface area (Å²) in [5.41, 5.74) is -2.47. The quantitative estimate of drug-likeness (QED) is 0.749. The number of halogens is 5. The zero-order valence-electron chi connectivity index (χ0n) is 12.6. The van der Waals surface area contributed by atoms with Gasteiger partial charge in [-0.05, 0) is 47.1 Å². The van der Waals surface area contributed by atoms with Crippen LogP contribution in [0.15, 0.2) is 39.7 Å². The first-order valence-electron chi connectivity index (χ1n) is 6.80. The lowest BCUT2D eigenvalue weighted by molar-refractivity contribution is -0.137. The standard InChI is InChI=1S/C15H11BrClF3N2O3/c1-7(25-12-3-2-9(17)5-10(12)16)13(23)22-11-4-8(15(18,19)20)6-21-14(11)24/h2-7H,1H3,(H,21,24)(H,22,23)/t7-/m1/s1. The average Bonchev–Trinajstić information content (AvgIpc) is 2.50. The Bertz CT molecular complexity index is 855. The fourth-order valence-electron chi connectivity index (χ4n) is 1.79. The summed E-state index contributed by atoms with van der Waals surface area (Å²) in [6.45, 7) is 1.39. The number of rotatable bonds is 4. The van der Waals surface area contributed by atoms with Gasteiger partial charge in [0.2, 0.25) is 0 Å². The second-order valence-electron chi connectivity index (χ2n) is 4.95. The Morgan fingerprint density at radius 3 is 2.64 bits per heavy atom. The number of amides is 1. The van der Waals surface area contributed by atoms with Crippen molar-refractivity contribution in [1.29, 1.82) is 0 Å². The van der Waals surface area contributed by atoms with E-state index in [1.54, 1.807) is 12.1 Å². The van der Waals surface area contributed by atoms with Gasteiger partial charge in [-0.25, -0.2) is 0 Å². The number of nitrogens with one attached hydrogen (secondary N) is 2. The van der Waals surface area contributed by atoms with Gasteiger partial charge in [0.1, 0.15) is 11.4 Å². The molecule has 2 rings (SSSR count). The first-order chi connectivity index (χ1) is 11.6. The van der Waals surface area contributed by atoms with Crippen LogP contribution < -0.4 is 15.6 Å². The number of pyridine rings is 1. The van der Waals surface area contributed by atoms with E-state index < -0.39 is 35.0 Å². The van der Waals surface area contributed by atoms with E-state index in [1.807, 2.05) is 4.98 Å². The molecule has 1 aromatic heterocycles. The molecule has 1 atom stereocenters. The summed E-state index contributed by atoms with van der Waals surface area (Å²) in [6, 6.07) is 5.18. The molecule has 134 valence electrons. The number of benzene rings is 1. The smallest absolute Gasteiger partial charge is 0.417 e. The molecule has 0 saturated heterocycles. The minimum atomic E-state index is -4.65. The first-order valence-corrected chi connectivity index (χ1v) is 7.97. The summed E-state index contributed by atoms with van der Waals surface area (Å²) in [4.78, 5) is 25.6. The van der Waals surface area contributed by atoms with Crippen LogP contribution in [0.2, 0.25) is 5.02 Å². The van der Waals surface area contributed by atoms with Gasteiger partial charge in [-0.15, -0.1) is 0 Å². The average molecular weight is 440 g/mol. The molecule has 5 nitrogen and oxygen atoms in total. The molecule has 25 heavy (non-hydrogen) atoms. The summed E-state index contributed by atoms with van der Waals surface area (Å²) < 4.78 is 44.0. The molecule has 0 fully saturated rings. The van der Waals surface area contributed by atoms with Crippen LogP contribution in [-0.2, 0) is 11.0 Å². The second-order valence-corrected chi connectivity index (χ2v) is 6.24. The minimum absolute atomic E-state index is 0.310. The summed E-state index contributed by atoms with van der Waals surface area (Å²) in [5.74, 6) is -0.475. The van der Waals surface area contributed by atoms with E-state index in [0.29, 0.717) is 27.5 Å². The third-order valence-corrected chi connectivity index (χ3v) is 3.91. The van der Waals surface area contributed by atoms with Crippen LogP contribution >= 0.6 is 27.5 Å². The molecule has 0 unspecified atom stereocenters. The molecular formula is C15H11BrClF3N2O3. The largest absolute Gasteiger partial charge is 0.480 e. The molecule has 1 heterocycles.